The molecule has 8 heteroatoms. The third-order valence-corrected chi connectivity index (χ3v) is 7.78. The van der Waals surface area contributed by atoms with Gasteiger partial charge < -0.3 is 0 Å². The second-order valence-corrected chi connectivity index (χ2v) is 9.86. The Balaban J connectivity index is 1.31. The topological polar surface area (TPSA) is 43.1 Å². The highest BCUT2D eigenvalue weighted by Gasteiger charge is 2.31. The van der Waals surface area contributed by atoms with Gasteiger partial charge in [0.1, 0.15) is 17.4 Å². The summed E-state index contributed by atoms with van der Waals surface area (Å²) in [5, 5.41) is 9.80. The normalized spacial score (nSPS) is 15.0. The molecule has 4 nitrogen and oxygen atoms in total. The van der Waals surface area contributed by atoms with Crippen molar-refractivity contribution in [2.75, 3.05) is 0 Å². The lowest BCUT2D eigenvalue weighted by atomic mass is 9.98. The molecule has 0 saturated heterocycles. The van der Waals surface area contributed by atoms with Crippen molar-refractivity contribution in [3.8, 4) is 5.00 Å². The SMILES string of the molecule is Cc1nnc2n1-c1sc3c(c1C(c1ccc(C=Cc4ccc(C(F)(F)F)cc4)cc1)=NC2)CCC3. The van der Waals surface area contributed by atoms with Gasteiger partial charge in [-0.25, -0.2) is 0 Å². The van der Waals surface area contributed by atoms with Crippen LogP contribution in [0.3, 0.4) is 0 Å². The number of nitrogens with zero attached hydrogens (tertiary/aromatic N) is 4. The molecule has 0 amide bonds. The lowest BCUT2D eigenvalue weighted by Gasteiger charge is -2.10. The van der Waals surface area contributed by atoms with Gasteiger partial charge in [-0.2, -0.15) is 13.2 Å². The predicted octanol–water partition coefficient (Wildman–Crippen LogP) is 6.67. The van der Waals surface area contributed by atoms with Gasteiger partial charge in [-0.05, 0) is 55.0 Å². The number of halogens is 3. The summed E-state index contributed by atoms with van der Waals surface area (Å²) in [6, 6.07) is 13.3. The van der Waals surface area contributed by atoms with Crippen LogP contribution < -0.4 is 0 Å². The number of aromatic nitrogens is 3. The van der Waals surface area contributed by atoms with Gasteiger partial charge in [0.05, 0.1) is 11.3 Å². The number of hydrogen-bond acceptors (Lipinski definition) is 4. The molecule has 0 fully saturated rings. The van der Waals surface area contributed by atoms with Crippen LogP contribution in [0.4, 0.5) is 13.2 Å². The molecule has 1 aliphatic carbocycles. The predicted molar refractivity (Wildman–Crippen MR) is 132 cm³/mol. The smallest absolute Gasteiger partial charge is 0.276 e. The highest BCUT2D eigenvalue weighted by Crippen LogP contribution is 2.41. The van der Waals surface area contributed by atoms with Crippen LogP contribution in [0, 0.1) is 6.92 Å². The summed E-state index contributed by atoms with van der Waals surface area (Å²) in [5.41, 5.74) is 5.67. The van der Waals surface area contributed by atoms with E-state index < -0.39 is 11.7 Å². The molecule has 0 spiro atoms. The second-order valence-electron chi connectivity index (χ2n) is 8.78. The second kappa shape index (κ2) is 8.30. The van der Waals surface area contributed by atoms with E-state index in [1.807, 2.05) is 42.5 Å². The number of benzene rings is 2. The average Bonchev–Trinajstić information content (AvgIpc) is 3.51. The minimum Gasteiger partial charge on any atom is -0.276 e. The van der Waals surface area contributed by atoms with Crippen molar-refractivity contribution >= 4 is 29.2 Å². The van der Waals surface area contributed by atoms with E-state index in [9.17, 15) is 13.2 Å². The van der Waals surface area contributed by atoms with Gasteiger partial charge in [0.25, 0.3) is 0 Å². The zero-order valence-electron chi connectivity index (χ0n) is 18.9. The van der Waals surface area contributed by atoms with E-state index in [2.05, 4.69) is 26.9 Å². The van der Waals surface area contributed by atoms with Gasteiger partial charge in [0.15, 0.2) is 5.82 Å². The Morgan fingerprint density at radius 2 is 1.60 bits per heavy atom. The fourth-order valence-electron chi connectivity index (χ4n) is 4.76. The Bertz CT molecular complexity index is 1470. The molecular formula is C27H21F3N4S. The molecular weight excluding hydrogens is 469 g/mol. The summed E-state index contributed by atoms with van der Waals surface area (Å²) in [7, 11) is 0. The van der Waals surface area contributed by atoms with Gasteiger partial charge in [0.2, 0.25) is 0 Å². The van der Waals surface area contributed by atoms with Gasteiger partial charge in [-0.15, -0.1) is 21.5 Å². The summed E-state index contributed by atoms with van der Waals surface area (Å²) < 4.78 is 40.5. The van der Waals surface area contributed by atoms with Crippen LogP contribution >= 0.6 is 11.3 Å². The molecule has 176 valence electrons. The third kappa shape index (κ3) is 3.91. The maximum atomic E-state index is 12.8. The lowest BCUT2D eigenvalue weighted by Crippen LogP contribution is -2.08. The standard InChI is InChI=1S/C27H21F3N4S/c1-16-32-33-23-15-31-25(24-21-3-2-4-22(21)35-26(24)34(16)23)19-11-7-17(8-12-19)5-6-18-9-13-20(14-10-18)27(28,29)30/h5-14H,2-4,15H2,1H3. The maximum Gasteiger partial charge on any atom is 0.416 e. The molecule has 3 heterocycles. The molecule has 2 aromatic carbocycles. The largest absolute Gasteiger partial charge is 0.416 e. The van der Waals surface area contributed by atoms with Crippen LogP contribution in [0.15, 0.2) is 53.5 Å². The van der Waals surface area contributed by atoms with E-state index in [0.29, 0.717) is 12.1 Å². The Labute approximate surface area is 204 Å². The van der Waals surface area contributed by atoms with Crippen molar-refractivity contribution < 1.29 is 13.2 Å². The van der Waals surface area contributed by atoms with E-state index in [4.69, 9.17) is 4.99 Å². The summed E-state index contributed by atoms with van der Waals surface area (Å²) in [4.78, 5) is 6.41. The minimum absolute atomic E-state index is 0.474. The fraction of sp³-hybridized carbons (Fsp3) is 0.222. The first kappa shape index (κ1) is 22.0. The van der Waals surface area contributed by atoms with Crippen molar-refractivity contribution in [3.05, 3.63) is 98.4 Å². The number of aryl methyl sites for hydroxylation is 2. The van der Waals surface area contributed by atoms with E-state index >= 15 is 0 Å². The Morgan fingerprint density at radius 3 is 2.29 bits per heavy atom. The Kier molecular flexibility index (Phi) is 5.21. The summed E-state index contributed by atoms with van der Waals surface area (Å²) in [5.74, 6) is 1.73. The van der Waals surface area contributed by atoms with Crippen molar-refractivity contribution in [2.24, 2.45) is 4.99 Å². The number of aliphatic imine (C=N–C) groups is 1. The van der Waals surface area contributed by atoms with Crippen LogP contribution in [-0.4, -0.2) is 20.5 Å². The lowest BCUT2D eigenvalue weighted by molar-refractivity contribution is -0.137. The monoisotopic (exact) mass is 490 g/mol. The zero-order chi connectivity index (χ0) is 24.2. The molecule has 1 aliphatic heterocycles. The maximum absolute atomic E-state index is 12.8. The van der Waals surface area contributed by atoms with Crippen LogP contribution in [0.1, 0.15) is 56.3 Å². The molecule has 35 heavy (non-hydrogen) atoms. The number of rotatable bonds is 3. The number of hydrogen-bond donors (Lipinski definition) is 0. The van der Waals surface area contributed by atoms with Gasteiger partial charge in [-0.3, -0.25) is 9.56 Å². The van der Waals surface area contributed by atoms with E-state index in [-0.39, 0.29) is 0 Å². The molecule has 0 saturated carbocycles. The molecule has 6 rings (SSSR count). The van der Waals surface area contributed by atoms with Crippen molar-refractivity contribution in [1.29, 1.82) is 0 Å². The number of alkyl halides is 3. The Hall–Kier alpha value is -3.52. The first-order valence-electron chi connectivity index (χ1n) is 11.4. The van der Waals surface area contributed by atoms with Crippen LogP contribution in [0.5, 0.6) is 0 Å². The molecule has 2 aromatic heterocycles. The number of thiophene rings is 1. The van der Waals surface area contributed by atoms with E-state index in [1.165, 1.54) is 34.6 Å². The van der Waals surface area contributed by atoms with E-state index in [0.717, 1.165) is 58.5 Å². The average molecular weight is 491 g/mol. The van der Waals surface area contributed by atoms with Crippen molar-refractivity contribution in [2.45, 2.75) is 38.9 Å². The quantitative estimate of drug-likeness (QED) is 0.301. The highest BCUT2D eigenvalue weighted by molar-refractivity contribution is 7.15. The van der Waals surface area contributed by atoms with Crippen molar-refractivity contribution in [1.82, 2.24) is 14.8 Å². The van der Waals surface area contributed by atoms with Gasteiger partial charge in [0, 0.05) is 16.0 Å². The van der Waals surface area contributed by atoms with Crippen LogP contribution in [-0.2, 0) is 25.6 Å². The van der Waals surface area contributed by atoms with Gasteiger partial charge >= 0.3 is 6.18 Å². The molecule has 0 bridgehead atoms. The molecule has 0 N–H and O–H groups in total. The summed E-state index contributed by atoms with van der Waals surface area (Å²) in [6.45, 7) is 2.45. The first-order valence-corrected chi connectivity index (χ1v) is 12.3. The zero-order valence-corrected chi connectivity index (χ0v) is 19.7. The third-order valence-electron chi connectivity index (χ3n) is 6.50. The van der Waals surface area contributed by atoms with Crippen LogP contribution in [0.25, 0.3) is 17.2 Å². The molecule has 0 atom stereocenters. The molecule has 0 radical (unpaired) electrons. The highest BCUT2D eigenvalue weighted by atomic mass is 32.1. The van der Waals surface area contributed by atoms with Gasteiger partial charge in [-0.1, -0.05) is 48.6 Å². The summed E-state index contributed by atoms with van der Waals surface area (Å²) in [6.07, 6.45) is 2.73. The molecule has 4 aromatic rings. The van der Waals surface area contributed by atoms with Crippen molar-refractivity contribution in [3.63, 3.8) is 0 Å². The van der Waals surface area contributed by atoms with Crippen LogP contribution in [0.2, 0.25) is 0 Å². The van der Waals surface area contributed by atoms with E-state index in [1.54, 1.807) is 0 Å². The molecule has 0 unspecified atom stereocenters. The summed E-state index contributed by atoms with van der Waals surface area (Å²) >= 11 is 1.83. The fourth-order valence-corrected chi connectivity index (χ4v) is 6.21. The minimum atomic E-state index is -4.32. The first-order chi connectivity index (χ1) is 16.9. The Morgan fingerprint density at radius 1 is 0.914 bits per heavy atom. The molecule has 2 aliphatic rings. The number of fused-ring (bicyclic) bond motifs is 5.